The quantitative estimate of drug-likeness (QED) is 0.700. The average molecular weight is 295 g/mol. The van der Waals surface area contributed by atoms with Crippen LogP contribution in [0.3, 0.4) is 0 Å². The van der Waals surface area contributed by atoms with Crippen molar-refractivity contribution in [2.24, 2.45) is 0 Å². The second-order valence-corrected chi connectivity index (χ2v) is 4.48. The van der Waals surface area contributed by atoms with Crippen LogP contribution in [0.2, 0.25) is 5.15 Å². The Kier molecular flexibility index (Phi) is 4.97. The van der Waals surface area contributed by atoms with E-state index in [0.717, 1.165) is 0 Å². The molecule has 0 aliphatic heterocycles. The van der Waals surface area contributed by atoms with E-state index in [2.05, 4.69) is 15.3 Å². The molecule has 0 amide bonds. The van der Waals surface area contributed by atoms with E-state index < -0.39 is 6.10 Å². The Morgan fingerprint density at radius 2 is 2.05 bits per heavy atom. The summed E-state index contributed by atoms with van der Waals surface area (Å²) in [4.78, 5) is 7.69. The smallest absolute Gasteiger partial charge is 0.223 e. The van der Waals surface area contributed by atoms with Crippen LogP contribution in [-0.4, -0.2) is 34.3 Å². The van der Waals surface area contributed by atoms with Gasteiger partial charge in [0, 0.05) is 12.6 Å². The predicted octanol–water partition coefficient (Wildman–Crippen LogP) is 1.56. The van der Waals surface area contributed by atoms with Gasteiger partial charge in [-0.05, 0) is 12.1 Å². The number of nitrogens with zero attached hydrogens (tertiary/aromatic N) is 2. The first kappa shape index (κ1) is 14.4. The highest BCUT2D eigenvalue weighted by atomic mass is 35.5. The zero-order valence-corrected chi connectivity index (χ0v) is 11.4. The normalized spacial score (nSPS) is 11.9. The van der Waals surface area contributed by atoms with Crippen LogP contribution < -0.4 is 15.8 Å². The summed E-state index contributed by atoms with van der Waals surface area (Å²) in [7, 11) is 0. The highest BCUT2D eigenvalue weighted by molar-refractivity contribution is 6.29. The molecule has 1 atom stereocenters. The van der Waals surface area contributed by atoms with Gasteiger partial charge in [-0.3, -0.25) is 0 Å². The van der Waals surface area contributed by atoms with Crippen LogP contribution >= 0.6 is 11.6 Å². The van der Waals surface area contributed by atoms with Crippen molar-refractivity contribution < 1.29 is 9.84 Å². The van der Waals surface area contributed by atoms with Gasteiger partial charge in [-0.1, -0.05) is 29.8 Å². The van der Waals surface area contributed by atoms with Crippen LogP contribution in [0.5, 0.6) is 5.75 Å². The predicted molar refractivity (Wildman–Crippen MR) is 77.9 cm³/mol. The van der Waals surface area contributed by atoms with Crippen molar-refractivity contribution in [2.45, 2.75) is 6.10 Å². The lowest BCUT2D eigenvalue weighted by Gasteiger charge is -2.13. The van der Waals surface area contributed by atoms with Gasteiger partial charge < -0.3 is 20.9 Å². The first-order valence-electron chi connectivity index (χ1n) is 6.03. The van der Waals surface area contributed by atoms with Crippen LogP contribution in [0.25, 0.3) is 0 Å². The SMILES string of the molecule is Nc1nc(Cl)cc(NC[C@H](O)COc2ccccc2)n1. The number of benzene rings is 1. The molecule has 20 heavy (non-hydrogen) atoms. The van der Waals surface area contributed by atoms with Crippen molar-refractivity contribution in [3.63, 3.8) is 0 Å². The number of nitrogens with one attached hydrogen (secondary N) is 1. The number of ether oxygens (including phenoxy) is 1. The van der Waals surface area contributed by atoms with E-state index >= 15 is 0 Å². The van der Waals surface area contributed by atoms with E-state index in [4.69, 9.17) is 22.1 Å². The third-order valence-corrected chi connectivity index (χ3v) is 2.61. The molecule has 0 fully saturated rings. The van der Waals surface area contributed by atoms with Gasteiger partial charge in [-0.15, -0.1) is 0 Å². The highest BCUT2D eigenvalue weighted by Crippen LogP contribution is 2.12. The summed E-state index contributed by atoms with van der Waals surface area (Å²) >= 11 is 5.75. The Morgan fingerprint density at radius 1 is 1.30 bits per heavy atom. The summed E-state index contributed by atoms with van der Waals surface area (Å²) in [5, 5.41) is 13.0. The lowest BCUT2D eigenvalue weighted by molar-refractivity contribution is 0.117. The molecule has 0 saturated carbocycles. The standard InChI is InChI=1S/C13H15ClN4O2/c14-11-6-12(18-13(15)17-11)16-7-9(19)8-20-10-4-2-1-3-5-10/h1-6,9,19H,7-8H2,(H3,15,16,17,18)/t9-/m0/s1. The van der Waals surface area contributed by atoms with Gasteiger partial charge in [-0.25, -0.2) is 4.98 Å². The Hall–Kier alpha value is -2.05. The number of anilines is 2. The molecule has 0 aliphatic rings. The molecule has 0 aliphatic carbocycles. The van der Waals surface area contributed by atoms with Crippen molar-refractivity contribution in [1.82, 2.24) is 9.97 Å². The van der Waals surface area contributed by atoms with Gasteiger partial charge in [-0.2, -0.15) is 4.98 Å². The van der Waals surface area contributed by atoms with Crippen LogP contribution in [0.4, 0.5) is 11.8 Å². The molecule has 1 heterocycles. The topological polar surface area (TPSA) is 93.3 Å². The fourth-order valence-corrected chi connectivity index (χ4v) is 1.71. The monoisotopic (exact) mass is 294 g/mol. The van der Waals surface area contributed by atoms with Gasteiger partial charge >= 0.3 is 0 Å². The number of para-hydroxylation sites is 1. The molecular formula is C13H15ClN4O2. The third kappa shape index (κ3) is 4.56. The zero-order valence-electron chi connectivity index (χ0n) is 10.7. The zero-order chi connectivity index (χ0) is 14.4. The lowest BCUT2D eigenvalue weighted by atomic mass is 10.3. The number of aliphatic hydroxyl groups excluding tert-OH is 1. The maximum absolute atomic E-state index is 9.82. The minimum Gasteiger partial charge on any atom is -0.491 e. The average Bonchev–Trinajstić information content (AvgIpc) is 2.43. The molecule has 0 saturated heterocycles. The molecule has 0 unspecified atom stereocenters. The first-order valence-corrected chi connectivity index (χ1v) is 6.41. The number of rotatable bonds is 6. The summed E-state index contributed by atoms with van der Waals surface area (Å²) in [5.74, 6) is 1.25. The van der Waals surface area contributed by atoms with E-state index in [1.165, 1.54) is 6.07 Å². The van der Waals surface area contributed by atoms with E-state index in [-0.39, 0.29) is 24.3 Å². The lowest BCUT2D eigenvalue weighted by Crippen LogP contribution is -2.26. The fraction of sp³-hybridized carbons (Fsp3) is 0.231. The van der Waals surface area contributed by atoms with Gasteiger partial charge in [0.05, 0.1) is 0 Å². The van der Waals surface area contributed by atoms with E-state index in [1.54, 1.807) is 0 Å². The first-order chi connectivity index (χ1) is 9.63. The molecule has 7 heteroatoms. The van der Waals surface area contributed by atoms with Crippen LogP contribution in [0.1, 0.15) is 0 Å². The number of nitrogens with two attached hydrogens (primary N) is 1. The molecule has 0 radical (unpaired) electrons. The van der Waals surface area contributed by atoms with Crippen LogP contribution in [0, 0.1) is 0 Å². The molecule has 4 N–H and O–H groups in total. The number of halogens is 1. The Bertz CT molecular complexity index is 533. The summed E-state index contributed by atoms with van der Waals surface area (Å²) in [6, 6.07) is 10.8. The molecular weight excluding hydrogens is 280 g/mol. The number of hydrogen-bond acceptors (Lipinski definition) is 6. The summed E-state index contributed by atoms with van der Waals surface area (Å²) in [5.41, 5.74) is 5.47. The van der Waals surface area contributed by atoms with E-state index in [0.29, 0.717) is 11.6 Å². The molecule has 0 bridgehead atoms. The van der Waals surface area contributed by atoms with Crippen molar-refractivity contribution in [1.29, 1.82) is 0 Å². The van der Waals surface area contributed by atoms with Gasteiger partial charge in [0.2, 0.25) is 5.95 Å². The van der Waals surface area contributed by atoms with Crippen LogP contribution in [-0.2, 0) is 0 Å². The summed E-state index contributed by atoms with van der Waals surface area (Å²) in [6.45, 7) is 0.435. The third-order valence-electron chi connectivity index (χ3n) is 2.42. The van der Waals surface area contributed by atoms with Crippen molar-refractivity contribution >= 4 is 23.4 Å². The Morgan fingerprint density at radius 3 is 2.75 bits per heavy atom. The number of hydrogen-bond donors (Lipinski definition) is 3. The number of aromatic nitrogens is 2. The molecule has 1 aromatic heterocycles. The fourth-order valence-electron chi connectivity index (χ4n) is 1.52. The van der Waals surface area contributed by atoms with Gasteiger partial charge in [0.15, 0.2) is 0 Å². The van der Waals surface area contributed by atoms with Crippen molar-refractivity contribution in [3.8, 4) is 5.75 Å². The molecule has 2 rings (SSSR count). The Labute approximate surface area is 121 Å². The largest absolute Gasteiger partial charge is 0.491 e. The van der Waals surface area contributed by atoms with Gasteiger partial charge in [0.25, 0.3) is 0 Å². The number of nitrogen functional groups attached to an aromatic ring is 1. The molecule has 2 aromatic rings. The number of aliphatic hydroxyl groups is 1. The van der Waals surface area contributed by atoms with Crippen molar-refractivity contribution in [2.75, 3.05) is 24.2 Å². The summed E-state index contributed by atoms with van der Waals surface area (Å²) < 4.78 is 5.43. The maximum atomic E-state index is 9.82. The molecule has 6 nitrogen and oxygen atoms in total. The van der Waals surface area contributed by atoms with E-state index in [9.17, 15) is 5.11 Å². The van der Waals surface area contributed by atoms with Crippen molar-refractivity contribution in [3.05, 3.63) is 41.6 Å². The molecule has 0 spiro atoms. The minimum atomic E-state index is -0.690. The maximum Gasteiger partial charge on any atom is 0.223 e. The molecule has 106 valence electrons. The minimum absolute atomic E-state index is 0.0787. The Balaban J connectivity index is 1.78. The summed E-state index contributed by atoms with van der Waals surface area (Å²) in [6.07, 6.45) is -0.690. The molecule has 1 aromatic carbocycles. The van der Waals surface area contributed by atoms with E-state index in [1.807, 2.05) is 30.3 Å². The van der Waals surface area contributed by atoms with Crippen LogP contribution in [0.15, 0.2) is 36.4 Å². The highest BCUT2D eigenvalue weighted by Gasteiger charge is 2.07. The second-order valence-electron chi connectivity index (χ2n) is 4.09. The van der Waals surface area contributed by atoms with Gasteiger partial charge in [0.1, 0.15) is 29.4 Å². The second kappa shape index (κ2) is 6.93.